The number of nitrogens with zero attached hydrogens (tertiary/aromatic N) is 4. The number of carbonyl (C=O) groups excluding carboxylic acids is 1. The average molecular weight is 302 g/mol. The van der Waals surface area contributed by atoms with Crippen molar-refractivity contribution in [3.8, 4) is 0 Å². The van der Waals surface area contributed by atoms with Gasteiger partial charge in [0.15, 0.2) is 0 Å². The molecule has 1 aliphatic rings. The van der Waals surface area contributed by atoms with Gasteiger partial charge in [0.2, 0.25) is 5.76 Å². The predicted molar refractivity (Wildman–Crippen MR) is 80.8 cm³/mol. The van der Waals surface area contributed by atoms with Crippen molar-refractivity contribution in [3.63, 3.8) is 0 Å². The van der Waals surface area contributed by atoms with E-state index in [2.05, 4.69) is 30.7 Å². The van der Waals surface area contributed by atoms with Crippen LogP contribution in [0, 0.1) is 0 Å². The highest BCUT2D eigenvalue weighted by atomic mass is 16.5. The van der Waals surface area contributed by atoms with E-state index in [-0.39, 0.29) is 11.7 Å². The molecule has 0 aromatic carbocycles. The summed E-state index contributed by atoms with van der Waals surface area (Å²) < 4.78 is 4.77. The lowest BCUT2D eigenvalue weighted by Gasteiger charge is -2.16. The maximum atomic E-state index is 11.6. The summed E-state index contributed by atoms with van der Waals surface area (Å²) in [6.45, 7) is 3.12. The number of hydrogen-bond acceptors (Lipinski definition) is 7. The monoisotopic (exact) mass is 302 g/mol. The normalized spacial score (nSPS) is 14.1. The largest absolute Gasteiger partial charge is 0.368 e. The van der Waals surface area contributed by atoms with E-state index in [4.69, 9.17) is 4.52 Å². The lowest BCUT2D eigenvalue weighted by atomic mass is 10.4. The molecule has 2 aromatic heterocycles. The SMILES string of the molecule is O=C(NCCNc1cc(N2CCCC2)ncn1)c1ccno1. The van der Waals surface area contributed by atoms with E-state index in [1.807, 2.05) is 6.07 Å². The minimum absolute atomic E-state index is 0.207. The summed E-state index contributed by atoms with van der Waals surface area (Å²) in [5, 5.41) is 9.40. The van der Waals surface area contributed by atoms with Crippen LogP contribution in [0.4, 0.5) is 11.6 Å². The number of hydrogen-bond donors (Lipinski definition) is 2. The van der Waals surface area contributed by atoms with Crippen LogP contribution in [0.25, 0.3) is 0 Å². The molecule has 1 saturated heterocycles. The highest BCUT2D eigenvalue weighted by Gasteiger charge is 2.14. The third-order valence-electron chi connectivity index (χ3n) is 3.46. The second-order valence-electron chi connectivity index (χ2n) is 5.01. The van der Waals surface area contributed by atoms with Crippen LogP contribution in [-0.2, 0) is 0 Å². The smallest absolute Gasteiger partial charge is 0.289 e. The van der Waals surface area contributed by atoms with E-state index in [1.165, 1.54) is 25.1 Å². The Morgan fingerprint density at radius 3 is 2.91 bits per heavy atom. The molecule has 116 valence electrons. The van der Waals surface area contributed by atoms with Crippen LogP contribution < -0.4 is 15.5 Å². The minimum atomic E-state index is -0.278. The summed E-state index contributed by atoms with van der Waals surface area (Å²) >= 11 is 0. The Morgan fingerprint density at radius 2 is 2.14 bits per heavy atom. The number of aromatic nitrogens is 3. The van der Waals surface area contributed by atoms with Crippen LogP contribution in [0.3, 0.4) is 0 Å². The van der Waals surface area contributed by atoms with Crippen molar-refractivity contribution in [2.24, 2.45) is 0 Å². The molecule has 8 nitrogen and oxygen atoms in total. The minimum Gasteiger partial charge on any atom is -0.368 e. The highest BCUT2D eigenvalue weighted by molar-refractivity contribution is 5.91. The van der Waals surface area contributed by atoms with Crippen molar-refractivity contribution < 1.29 is 9.32 Å². The molecule has 2 N–H and O–H groups in total. The average Bonchev–Trinajstić information content (AvgIpc) is 3.24. The third-order valence-corrected chi connectivity index (χ3v) is 3.46. The molecule has 1 fully saturated rings. The van der Waals surface area contributed by atoms with Gasteiger partial charge in [-0.15, -0.1) is 0 Å². The Balaban J connectivity index is 1.45. The van der Waals surface area contributed by atoms with Gasteiger partial charge in [0, 0.05) is 38.3 Å². The molecule has 0 aliphatic carbocycles. The van der Waals surface area contributed by atoms with Crippen LogP contribution in [0.5, 0.6) is 0 Å². The Morgan fingerprint density at radius 1 is 1.27 bits per heavy atom. The molecule has 0 saturated carbocycles. The van der Waals surface area contributed by atoms with Crippen LogP contribution in [0.2, 0.25) is 0 Å². The highest BCUT2D eigenvalue weighted by Crippen LogP contribution is 2.18. The molecule has 22 heavy (non-hydrogen) atoms. The first-order valence-corrected chi connectivity index (χ1v) is 7.33. The van der Waals surface area contributed by atoms with Gasteiger partial charge in [-0.3, -0.25) is 4.79 Å². The Labute approximate surface area is 127 Å². The number of anilines is 2. The fourth-order valence-corrected chi connectivity index (χ4v) is 2.35. The summed E-state index contributed by atoms with van der Waals surface area (Å²) in [5.41, 5.74) is 0. The van der Waals surface area contributed by atoms with Crippen molar-refractivity contribution in [1.29, 1.82) is 0 Å². The van der Waals surface area contributed by atoms with Crippen LogP contribution in [-0.4, -0.2) is 47.2 Å². The molecule has 1 amide bonds. The lowest BCUT2D eigenvalue weighted by Crippen LogP contribution is -2.28. The molecule has 3 heterocycles. The van der Waals surface area contributed by atoms with Crippen LogP contribution in [0.1, 0.15) is 23.4 Å². The van der Waals surface area contributed by atoms with E-state index in [1.54, 1.807) is 6.33 Å². The van der Waals surface area contributed by atoms with Gasteiger partial charge in [-0.25, -0.2) is 9.97 Å². The fraction of sp³-hybridized carbons (Fsp3) is 0.429. The molecular formula is C14H18N6O2. The molecule has 0 spiro atoms. The van der Waals surface area contributed by atoms with Gasteiger partial charge in [-0.1, -0.05) is 5.16 Å². The summed E-state index contributed by atoms with van der Waals surface area (Å²) in [5.74, 6) is 1.63. The van der Waals surface area contributed by atoms with E-state index in [0.29, 0.717) is 13.1 Å². The molecule has 2 aromatic rings. The maximum absolute atomic E-state index is 11.6. The Kier molecular flexibility index (Phi) is 4.47. The van der Waals surface area contributed by atoms with Crippen molar-refractivity contribution in [2.75, 3.05) is 36.4 Å². The zero-order valence-corrected chi connectivity index (χ0v) is 12.2. The third kappa shape index (κ3) is 3.51. The first kappa shape index (κ1) is 14.3. The molecule has 1 aliphatic heterocycles. The summed E-state index contributed by atoms with van der Waals surface area (Å²) in [7, 11) is 0. The molecule has 0 unspecified atom stereocenters. The van der Waals surface area contributed by atoms with Crippen molar-refractivity contribution >= 4 is 17.5 Å². The first-order valence-electron chi connectivity index (χ1n) is 7.33. The fourth-order valence-electron chi connectivity index (χ4n) is 2.35. The van der Waals surface area contributed by atoms with Gasteiger partial charge < -0.3 is 20.1 Å². The molecular weight excluding hydrogens is 284 g/mol. The Hall–Kier alpha value is -2.64. The number of rotatable bonds is 6. The second-order valence-corrected chi connectivity index (χ2v) is 5.01. The summed E-state index contributed by atoms with van der Waals surface area (Å²) in [6, 6.07) is 3.46. The topological polar surface area (TPSA) is 96.2 Å². The van der Waals surface area contributed by atoms with E-state index in [9.17, 15) is 4.79 Å². The van der Waals surface area contributed by atoms with Gasteiger partial charge in [0.1, 0.15) is 18.0 Å². The molecule has 0 bridgehead atoms. The van der Waals surface area contributed by atoms with E-state index < -0.39 is 0 Å². The zero-order valence-electron chi connectivity index (χ0n) is 12.2. The molecule has 8 heteroatoms. The lowest BCUT2D eigenvalue weighted by molar-refractivity contribution is 0.0918. The van der Waals surface area contributed by atoms with Crippen molar-refractivity contribution in [3.05, 3.63) is 30.4 Å². The maximum Gasteiger partial charge on any atom is 0.289 e. The molecule has 3 rings (SSSR count). The van der Waals surface area contributed by atoms with Crippen molar-refractivity contribution in [2.45, 2.75) is 12.8 Å². The van der Waals surface area contributed by atoms with Crippen molar-refractivity contribution in [1.82, 2.24) is 20.4 Å². The summed E-state index contributed by atoms with van der Waals surface area (Å²) in [4.78, 5) is 22.4. The van der Waals surface area contributed by atoms with Gasteiger partial charge in [-0.2, -0.15) is 0 Å². The predicted octanol–water partition coefficient (Wildman–Crippen LogP) is 0.907. The van der Waals surface area contributed by atoms with Crippen LogP contribution in [0.15, 0.2) is 29.2 Å². The first-order chi connectivity index (χ1) is 10.8. The van der Waals surface area contributed by atoms with Gasteiger partial charge >= 0.3 is 0 Å². The molecule has 0 atom stereocenters. The number of carbonyl (C=O) groups is 1. The van der Waals surface area contributed by atoms with Gasteiger partial charge in [0.05, 0.1) is 6.20 Å². The Bertz CT molecular complexity index is 610. The standard InChI is InChI=1S/C14H18N6O2/c21-14(11-3-4-19-22-11)16-6-5-15-12-9-13(18-10-17-12)20-7-1-2-8-20/h3-4,9-10H,1-2,5-8H2,(H,16,21)(H,15,17,18). The quantitative estimate of drug-likeness (QED) is 0.765. The van der Waals surface area contributed by atoms with Gasteiger partial charge in [-0.05, 0) is 12.8 Å². The van der Waals surface area contributed by atoms with E-state index >= 15 is 0 Å². The summed E-state index contributed by atoms with van der Waals surface area (Å²) in [6.07, 6.45) is 5.41. The number of nitrogens with one attached hydrogen (secondary N) is 2. The molecule has 0 radical (unpaired) electrons. The second kappa shape index (κ2) is 6.88. The zero-order chi connectivity index (χ0) is 15.2. The van der Waals surface area contributed by atoms with Gasteiger partial charge in [0.25, 0.3) is 5.91 Å². The van der Waals surface area contributed by atoms with E-state index in [0.717, 1.165) is 24.7 Å². The number of amides is 1. The van der Waals surface area contributed by atoms with Crippen LogP contribution >= 0.6 is 0 Å².